The molecule has 1 unspecified atom stereocenters. The van der Waals surface area contributed by atoms with Crippen molar-refractivity contribution in [3.63, 3.8) is 0 Å². The van der Waals surface area contributed by atoms with E-state index in [1.165, 1.54) is 19.2 Å². The second-order valence-electron chi connectivity index (χ2n) is 9.02. The highest BCUT2D eigenvalue weighted by Gasteiger charge is 2.34. The molecule has 1 atom stereocenters. The number of hydrogen-bond acceptors (Lipinski definition) is 4. The molecule has 9 heteroatoms. The van der Waals surface area contributed by atoms with Gasteiger partial charge in [0.15, 0.2) is 5.69 Å². The Bertz CT molecular complexity index is 976. The third-order valence-corrected chi connectivity index (χ3v) is 5.40. The molecule has 0 aliphatic carbocycles. The van der Waals surface area contributed by atoms with Crippen molar-refractivity contribution in [2.75, 3.05) is 20.6 Å². The number of imidazole rings is 1. The number of carbonyl (C=O) groups is 2. The summed E-state index contributed by atoms with van der Waals surface area (Å²) in [4.78, 5) is 32.2. The quantitative estimate of drug-likeness (QED) is 0.777. The molecule has 0 saturated heterocycles. The molecule has 0 spiro atoms. The first-order chi connectivity index (χ1) is 14.5. The van der Waals surface area contributed by atoms with E-state index in [-0.39, 0.29) is 17.2 Å². The van der Waals surface area contributed by atoms with Gasteiger partial charge in [0, 0.05) is 31.8 Å². The van der Waals surface area contributed by atoms with Gasteiger partial charge < -0.3 is 20.1 Å². The van der Waals surface area contributed by atoms with Crippen molar-refractivity contribution in [3.05, 3.63) is 41.2 Å². The Morgan fingerprint density at radius 3 is 2.35 bits per heavy atom. The van der Waals surface area contributed by atoms with Crippen LogP contribution in [-0.2, 0) is 17.9 Å². The van der Waals surface area contributed by atoms with Crippen LogP contribution in [0.1, 0.15) is 43.4 Å². The summed E-state index contributed by atoms with van der Waals surface area (Å²) in [5.41, 5.74) is 0.548. The minimum Gasteiger partial charge on any atom is -0.357 e. The zero-order valence-corrected chi connectivity index (χ0v) is 18.6. The number of halogens is 2. The smallest absolute Gasteiger partial charge is 0.272 e. The molecule has 1 aromatic heterocycles. The van der Waals surface area contributed by atoms with E-state index >= 15 is 0 Å². The summed E-state index contributed by atoms with van der Waals surface area (Å²) < 4.78 is 29.6. The van der Waals surface area contributed by atoms with Gasteiger partial charge in [-0.05, 0) is 37.6 Å². The maximum atomic E-state index is 13.9. The van der Waals surface area contributed by atoms with Crippen molar-refractivity contribution in [3.8, 4) is 11.4 Å². The lowest BCUT2D eigenvalue weighted by atomic mass is 9.86. The largest absolute Gasteiger partial charge is 0.357 e. The zero-order valence-electron chi connectivity index (χ0n) is 18.6. The minimum absolute atomic E-state index is 0.159. The molecule has 7 nitrogen and oxygen atoms in total. The molecule has 0 bridgehead atoms. The molecule has 2 heterocycles. The fourth-order valence-corrected chi connectivity index (χ4v) is 3.83. The van der Waals surface area contributed by atoms with E-state index in [4.69, 9.17) is 0 Å². The van der Waals surface area contributed by atoms with E-state index in [9.17, 15) is 18.4 Å². The van der Waals surface area contributed by atoms with Crippen LogP contribution in [0.3, 0.4) is 0 Å². The predicted molar refractivity (Wildman–Crippen MR) is 113 cm³/mol. The predicted octanol–water partition coefficient (Wildman–Crippen LogP) is 2.55. The topological polar surface area (TPSA) is 79.3 Å². The van der Waals surface area contributed by atoms with Crippen molar-refractivity contribution >= 4 is 11.8 Å². The van der Waals surface area contributed by atoms with Crippen LogP contribution in [0.4, 0.5) is 8.78 Å². The number of carbonyl (C=O) groups excluding carboxylic acids is 2. The maximum absolute atomic E-state index is 13.9. The molecule has 1 aliphatic heterocycles. The van der Waals surface area contributed by atoms with Gasteiger partial charge in [0.1, 0.15) is 23.5 Å². The molecular weight excluding hydrogens is 404 g/mol. The van der Waals surface area contributed by atoms with Crippen LogP contribution in [0.5, 0.6) is 0 Å². The Balaban J connectivity index is 2.08. The third kappa shape index (κ3) is 4.92. The first-order valence-corrected chi connectivity index (χ1v) is 10.3. The molecule has 1 aromatic carbocycles. The number of nitrogens with zero attached hydrogens (tertiary/aromatic N) is 3. The third-order valence-electron chi connectivity index (χ3n) is 5.40. The van der Waals surface area contributed by atoms with E-state index in [0.717, 1.165) is 19.0 Å². The van der Waals surface area contributed by atoms with Crippen molar-refractivity contribution in [2.45, 2.75) is 46.3 Å². The van der Waals surface area contributed by atoms with Crippen molar-refractivity contribution in [1.82, 2.24) is 25.1 Å². The van der Waals surface area contributed by atoms with Gasteiger partial charge >= 0.3 is 0 Å². The molecule has 0 radical (unpaired) electrons. The molecule has 2 aromatic rings. The lowest BCUT2D eigenvalue weighted by Gasteiger charge is -2.29. The van der Waals surface area contributed by atoms with E-state index in [1.807, 2.05) is 32.4 Å². The summed E-state index contributed by atoms with van der Waals surface area (Å²) in [6.07, 6.45) is 0.800. The Labute approximate surface area is 180 Å². The summed E-state index contributed by atoms with van der Waals surface area (Å²) in [6.45, 7) is 7.39. The lowest BCUT2D eigenvalue weighted by Crippen LogP contribution is -2.53. The highest BCUT2D eigenvalue weighted by molar-refractivity contribution is 5.97. The van der Waals surface area contributed by atoms with Crippen molar-refractivity contribution in [1.29, 1.82) is 0 Å². The number of aromatic nitrogens is 2. The maximum Gasteiger partial charge on any atom is 0.272 e. The second-order valence-corrected chi connectivity index (χ2v) is 9.02. The fraction of sp³-hybridized carbons (Fsp3) is 0.500. The fourth-order valence-electron chi connectivity index (χ4n) is 3.83. The van der Waals surface area contributed by atoms with Crippen LogP contribution in [0.2, 0.25) is 0 Å². The Kier molecular flexibility index (Phi) is 6.45. The summed E-state index contributed by atoms with van der Waals surface area (Å²) in [6, 6.07) is 2.43. The van der Waals surface area contributed by atoms with E-state index < -0.39 is 29.0 Å². The molecule has 0 saturated carbocycles. The monoisotopic (exact) mass is 433 g/mol. The average Bonchev–Trinajstić information content (AvgIpc) is 2.90. The van der Waals surface area contributed by atoms with Crippen LogP contribution < -0.4 is 10.6 Å². The zero-order chi connectivity index (χ0) is 22.9. The summed E-state index contributed by atoms with van der Waals surface area (Å²) in [7, 11) is 3.45. The molecule has 0 fully saturated rings. The Morgan fingerprint density at radius 2 is 1.77 bits per heavy atom. The molecule has 3 rings (SSSR count). The number of fused-ring (bicyclic) bond motifs is 1. The van der Waals surface area contributed by atoms with E-state index in [2.05, 4.69) is 20.5 Å². The number of hydrogen-bond donors (Lipinski definition) is 2. The highest BCUT2D eigenvalue weighted by Crippen LogP contribution is 2.28. The summed E-state index contributed by atoms with van der Waals surface area (Å²) >= 11 is 0. The normalized spacial score (nSPS) is 15.7. The Morgan fingerprint density at radius 1 is 1.13 bits per heavy atom. The van der Waals surface area contributed by atoms with Gasteiger partial charge in [-0.1, -0.05) is 20.8 Å². The lowest BCUT2D eigenvalue weighted by molar-refractivity contribution is -0.124. The summed E-state index contributed by atoms with van der Waals surface area (Å²) in [5, 5.41) is 5.38. The van der Waals surface area contributed by atoms with Gasteiger partial charge in [-0.15, -0.1) is 0 Å². The van der Waals surface area contributed by atoms with Gasteiger partial charge in [0.25, 0.3) is 5.91 Å². The number of nitrogens with one attached hydrogen (secondary N) is 2. The molecule has 1 aliphatic rings. The van der Waals surface area contributed by atoms with Gasteiger partial charge in [0.05, 0.1) is 5.69 Å². The first kappa shape index (κ1) is 22.9. The Hall–Kier alpha value is -2.81. The van der Waals surface area contributed by atoms with Crippen molar-refractivity contribution < 1.29 is 18.4 Å². The standard InChI is InChI=1S/C22H29F2N5O2/c1-22(2,3)18(21(31)25-4)27-20(30)17-16-12-28(5)7-6-8-29(16)19(26-17)13-9-14(23)11-15(24)10-13/h9-11,18H,6-8,12H2,1-5H3,(H,25,31)(H,27,30). The molecule has 2 N–H and O–H groups in total. The SMILES string of the molecule is CNC(=O)C(NC(=O)c1nc(-c2cc(F)cc(F)c2)n2c1CN(C)CCC2)C(C)(C)C. The van der Waals surface area contributed by atoms with Crippen molar-refractivity contribution in [2.24, 2.45) is 5.41 Å². The number of rotatable bonds is 4. The van der Waals surface area contributed by atoms with Gasteiger partial charge in [-0.2, -0.15) is 0 Å². The number of benzene rings is 1. The summed E-state index contributed by atoms with van der Waals surface area (Å²) in [5.74, 6) is -1.89. The molecule has 168 valence electrons. The molecule has 2 amide bonds. The second kappa shape index (κ2) is 8.74. The van der Waals surface area contributed by atoms with Crippen LogP contribution in [0.15, 0.2) is 18.2 Å². The molecule has 31 heavy (non-hydrogen) atoms. The average molecular weight is 434 g/mol. The number of likely N-dealkylation sites (N-methyl/N-ethyl adjacent to an activating group) is 1. The minimum atomic E-state index is -0.777. The van der Waals surface area contributed by atoms with Crippen LogP contribution in [-0.4, -0.2) is 52.9 Å². The van der Waals surface area contributed by atoms with E-state index in [1.54, 1.807) is 0 Å². The highest BCUT2D eigenvalue weighted by atomic mass is 19.1. The van der Waals surface area contributed by atoms with Gasteiger partial charge in [-0.25, -0.2) is 13.8 Å². The molecular formula is C22H29F2N5O2. The van der Waals surface area contributed by atoms with Gasteiger partial charge in [0.2, 0.25) is 5.91 Å². The van der Waals surface area contributed by atoms with Crippen LogP contribution >= 0.6 is 0 Å². The van der Waals surface area contributed by atoms with Gasteiger partial charge in [-0.3, -0.25) is 9.59 Å². The van der Waals surface area contributed by atoms with Crippen LogP contribution in [0.25, 0.3) is 11.4 Å². The number of amides is 2. The first-order valence-electron chi connectivity index (χ1n) is 10.3. The van der Waals surface area contributed by atoms with Crippen LogP contribution in [0, 0.1) is 17.0 Å². The van der Waals surface area contributed by atoms with E-state index in [0.29, 0.717) is 24.6 Å².